The quantitative estimate of drug-likeness (QED) is 0.598. The van der Waals surface area contributed by atoms with Crippen LogP contribution >= 0.6 is 0 Å². The van der Waals surface area contributed by atoms with E-state index in [1.165, 1.54) is 0 Å². The van der Waals surface area contributed by atoms with Gasteiger partial charge in [-0.2, -0.15) is 0 Å². The smallest absolute Gasteiger partial charge is 0.222 e. The summed E-state index contributed by atoms with van der Waals surface area (Å²) in [5, 5.41) is 0. The van der Waals surface area contributed by atoms with Crippen molar-refractivity contribution in [1.82, 2.24) is 4.90 Å². The fourth-order valence-electron chi connectivity index (χ4n) is 1.44. The maximum Gasteiger partial charge on any atom is 0.222 e. The van der Waals surface area contributed by atoms with Gasteiger partial charge in [-0.25, -0.2) is 0 Å². The van der Waals surface area contributed by atoms with Gasteiger partial charge in [0, 0.05) is 41.3 Å². The normalized spacial score (nSPS) is 30.3. The van der Waals surface area contributed by atoms with Gasteiger partial charge < -0.3 is 4.90 Å². The molecule has 3 nitrogen and oxygen atoms in total. The first-order valence-electron chi connectivity index (χ1n) is 4.29. The molecule has 0 aromatic heterocycles. The number of hydrogen-bond acceptors (Lipinski definition) is 2. The van der Waals surface area contributed by atoms with Crippen molar-refractivity contribution in [2.75, 3.05) is 18.1 Å². The van der Waals surface area contributed by atoms with E-state index in [0.717, 1.165) is 0 Å². The Morgan fingerprint density at radius 2 is 2.33 bits per heavy atom. The average molecular weight is 189 g/mol. The molecule has 1 saturated heterocycles. The Morgan fingerprint density at radius 1 is 1.67 bits per heavy atom. The molecule has 1 heterocycles. The zero-order valence-corrected chi connectivity index (χ0v) is 8.39. The van der Waals surface area contributed by atoms with Gasteiger partial charge in [0.2, 0.25) is 5.91 Å². The van der Waals surface area contributed by atoms with Crippen molar-refractivity contribution in [2.24, 2.45) is 0 Å². The molecule has 1 rings (SSSR count). The van der Waals surface area contributed by atoms with E-state index in [-0.39, 0.29) is 11.9 Å². The van der Waals surface area contributed by atoms with Gasteiger partial charge in [-0.15, -0.1) is 0 Å². The van der Waals surface area contributed by atoms with Gasteiger partial charge in [-0.05, 0) is 6.92 Å². The maximum atomic E-state index is 11.3. The topological polar surface area (TPSA) is 37.4 Å². The molecule has 2 atom stereocenters. The monoisotopic (exact) mass is 189 g/mol. The van der Waals surface area contributed by atoms with E-state index in [9.17, 15) is 9.00 Å². The highest BCUT2D eigenvalue weighted by Crippen LogP contribution is 2.09. The van der Waals surface area contributed by atoms with Gasteiger partial charge in [-0.3, -0.25) is 9.00 Å². The number of hydrogen-bond donors (Lipinski definition) is 0. The largest absolute Gasteiger partial charge is 0.338 e. The highest BCUT2D eigenvalue weighted by molar-refractivity contribution is 7.85. The Bertz CT molecular complexity index is 205. The van der Waals surface area contributed by atoms with Gasteiger partial charge in [0.25, 0.3) is 0 Å². The molecule has 4 heteroatoms. The van der Waals surface area contributed by atoms with Gasteiger partial charge in [0.15, 0.2) is 0 Å². The number of rotatable bonds is 1. The Labute approximate surface area is 75.6 Å². The van der Waals surface area contributed by atoms with Crippen molar-refractivity contribution in [3.8, 4) is 0 Å². The molecule has 1 aliphatic heterocycles. The summed E-state index contributed by atoms with van der Waals surface area (Å²) in [6.07, 6.45) is 0.553. The third-order valence-corrected chi connectivity index (χ3v) is 3.63. The zero-order chi connectivity index (χ0) is 9.14. The lowest BCUT2D eigenvalue weighted by atomic mass is 10.3. The summed E-state index contributed by atoms with van der Waals surface area (Å²) >= 11 is 0. The predicted molar refractivity (Wildman–Crippen MR) is 49.3 cm³/mol. The second-order valence-electron chi connectivity index (χ2n) is 3.10. The predicted octanol–water partition coefficient (Wildman–Crippen LogP) is 0.376. The highest BCUT2D eigenvalue weighted by atomic mass is 32.2. The molecule has 0 N–H and O–H groups in total. The van der Waals surface area contributed by atoms with Crippen molar-refractivity contribution in [3.05, 3.63) is 0 Å². The molecule has 0 aromatic carbocycles. The molecule has 0 aliphatic carbocycles. The van der Waals surface area contributed by atoms with Crippen molar-refractivity contribution >= 4 is 16.7 Å². The van der Waals surface area contributed by atoms with E-state index in [2.05, 4.69) is 0 Å². The van der Waals surface area contributed by atoms with E-state index in [1.54, 1.807) is 0 Å². The zero-order valence-electron chi connectivity index (χ0n) is 7.58. The Balaban J connectivity index is 2.56. The lowest BCUT2D eigenvalue weighted by molar-refractivity contribution is -0.132. The minimum absolute atomic E-state index is 0.159. The van der Waals surface area contributed by atoms with Crippen LogP contribution in [0.1, 0.15) is 20.3 Å². The average Bonchev–Trinajstić information content (AvgIpc) is 2.03. The molecular formula is C8H15NO2S. The Kier molecular flexibility index (Phi) is 3.26. The molecule has 1 amide bonds. The van der Waals surface area contributed by atoms with Gasteiger partial charge >= 0.3 is 0 Å². The molecule has 1 aliphatic rings. The van der Waals surface area contributed by atoms with Gasteiger partial charge in [0.1, 0.15) is 0 Å². The standard InChI is InChI=1S/C8H15NO2S/c1-3-8(10)9-4-5-12(11)6-7(9)2/h7H,3-6H2,1-2H3. The second-order valence-corrected chi connectivity index (χ2v) is 4.72. The lowest BCUT2D eigenvalue weighted by Gasteiger charge is -2.32. The number of amides is 1. The lowest BCUT2D eigenvalue weighted by Crippen LogP contribution is -2.47. The van der Waals surface area contributed by atoms with E-state index >= 15 is 0 Å². The maximum absolute atomic E-state index is 11.3. The first-order valence-corrected chi connectivity index (χ1v) is 5.78. The van der Waals surface area contributed by atoms with Gasteiger partial charge in [0.05, 0.1) is 0 Å². The fourth-order valence-corrected chi connectivity index (χ4v) is 2.72. The summed E-state index contributed by atoms with van der Waals surface area (Å²) in [6, 6.07) is 0.159. The molecule has 0 aromatic rings. The highest BCUT2D eigenvalue weighted by Gasteiger charge is 2.25. The summed E-state index contributed by atoms with van der Waals surface area (Å²) < 4.78 is 11.1. The molecular weight excluding hydrogens is 174 g/mol. The minimum Gasteiger partial charge on any atom is -0.338 e. The number of carbonyl (C=O) groups is 1. The van der Waals surface area contributed by atoms with Crippen LogP contribution in [-0.4, -0.2) is 39.1 Å². The molecule has 0 saturated carbocycles. The third-order valence-electron chi connectivity index (χ3n) is 2.14. The molecule has 2 unspecified atom stereocenters. The van der Waals surface area contributed by atoms with Crippen LogP contribution in [0.3, 0.4) is 0 Å². The van der Waals surface area contributed by atoms with Crippen molar-refractivity contribution in [3.63, 3.8) is 0 Å². The molecule has 70 valence electrons. The molecule has 0 bridgehead atoms. The van der Waals surface area contributed by atoms with Crippen LogP contribution in [0.2, 0.25) is 0 Å². The first-order chi connectivity index (χ1) is 5.65. The van der Waals surface area contributed by atoms with Crippen LogP contribution in [0, 0.1) is 0 Å². The van der Waals surface area contributed by atoms with E-state index in [0.29, 0.717) is 24.5 Å². The SMILES string of the molecule is CCC(=O)N1CCS(=O)CC1C. The van der Waals surface area contributed by atoms with Gasteiger partial charge in [-0.1, -0.05) is 6.92 Å². The first kappa shape index (κ1) is 9.71. The summed E-state index contributed by atoms with van der Waals surface area (Å²) in [5.41, 5.74) is 0. The van der Waals surface area contributed by atoms with Crippen LogP contribution in [-0.2, 0) is 15.6 Å². The molecule has 0 radical (unpaired) electrons. The number of carbonyl (C=O) groups excluding carboxylic acids is 1. The van der Waals surface area contributed by atoms with Crippen molar-refractivity contribution in [1.29, 1.82) is 0 Å². The third kappa shape index (κ3) is 2.06. The van der Waals surface area contributed by atoms with E-state index in [1.807, 2.05) is 18.7 Å². The van der Waals surface area contributed by atoms with E-state index < -0.39 is 10.8 Å². The van der Waals surface area contributed by atoms with Crippen LogP contribution in [0.25, 0.3) is 0 Å². The van der Waals surface area contributed by atoms with Crippen LogP contribution in [0.15, 0.2) is 0 Å². The summed E-state index contributed by atoms with van der Waals surface area (Å²) in [6.45, 7) is 4.49. The second kappa shape index (κ2) is 4.03. The number of nitrogens with zero attached hydrogens (tertiary/aromatic N) is 1. The fraction of sp³-hybridized carbons (Fsp3) is 0.875. The van der Waals surface area contributed by atoms with Crippen molar-refractivity contribution < 1.29 is 9.00 Å². The summed E-state index contributed by atoms with van der Waals surface area (Å²) in [4.78, 5) is 13.1. The summed E-state index contributed by atoms with van der Waals surface area (Å²) in [5.74, 6) is 1.47. The molecule has 12 heavy (non-hydrogen) atoms. The molecule has 0 spiro atoms. The van der Waals surface area contributed by atoms with Crippen LogP contribution in [0.5, 0.6) is 0 Å². The van der Waals surface area contributed by atoms with Crippen molar-refractivity contribution in [2.45, 2.75) is 26.3 Å². The van der Waals surface area contributed by atoms with E-state index in [4.69, 9.17) is 0 Å². The Morgan fingerprint density at radius 3 is 2.83 bits per heavy atom. The minimum atomic E-state index is -0.703. The Hall–Kier alpha value is -0.380. The van der Waals surface area contributed by atoms with Crippen LogP contribution < -0.4 is 0 Å². The molecule has 1 fully saturated rings. The van der Waals surface area contributed by atoms with Crippen LogP contribution in [0.4, 0.5) is 0 Å². The summed E-state index contributed by atoms with van der Waals surface area (Å²) in [7, 11) is -0.703.